The lowest BCUT2D eigenvalue weighted by atomic mass is 9.65. The Kier molecular flexibility index (Phi) is 5.15. The minimum atomic E-state index is -1.37. The third-order valence-corrected chi connectivity index (χ3v) is 6.03. The Hall–Kier alpha value is -2.71. The number of carbonyl (C=O) groups excluding carboxylic acids is 2. The van der Waals surface area contributed by atoms with Crippen LogP contribution < -0.4 is 4.90 Å². The molecule has 1 aliphatic heterocycles. The summed E-state index contributed by atoms with van der Waals surface area (Å²) in [4.78, 5) is 44.1. The number of rotatable bonds is 4. The van der Waals surface area contributed by atoms with E-state index in [4.69, 9.17) is 23.2 Å². The molecule has 2 aliphatic rings. The third kappa shape index (κ3) is 3.40. The molecule has 1 aliphatic carbocycles. The molecule has 4 rings (SSSR count). The molecule has 1 saturated carbocycles. The van der Waals surface area contributed by atoms with Crippen molar-refractivity contribution in [1.29, 1.82) is 0 Å². The minimum absolute atomic E-state index is 0.0494. The van der Waals surface area contributed by atoms with Crippen molar-refractivity contribution in [2.45, 2.75) is 24.9 Å². The van der Waals surface area contributed by atoms with Gasteiger partial charge in [0.15, 0.2) is 11.6 Å². The van der Waals surface area contributed by atoms with Gasteiger partial charge in [-0.05, 0) is 36.6 Å². The number of hydrogen-bond acceptors (Lipinski definition) is 4. The van der Waals surface area contributed by atoms with Crippen LogP contribution in [0.2, 0.25) is 10.0 Å². The smallest absolute Gasteiger partial charge is 0.306 e. The zero-order chi connectivity index (χ0) is 21.6. The minimum Gasteiger partial charge on any atom is -0.481 e. The molecule has 10 heteroatoms. The van der Waals surface area contributed by atoms with Gasteiger partial charge in [0.05, 0.1) is 10.9 Å². The number of anilines is 1. The van der Waals surface area contributed by atoms with Gasteiger partial charge >= 0.3 is 5.97 Å². The van der Waals surface area contributed by atoms with Crippen LogP contribution in [0, 0.1) is 11.7 Å². The van der Waals surface area contributed by atoms with Crippen molar-refractivity contribution >= 4 is 46.8 Å². The predicted molar refractivity (Wildman–Crippen MR) is 107 cm³/mol. The van der Waals surface area contributed by atoms with Gasteiger partial charge < -0.3 is 10.0 Å². The second-order valence-corrected chi connectivity index (χ2v) is 8.30. The lowest BCUT2D eigenvalue weighted by molar-refractivity contribution is -0.169. The quantitative estimate of drug-likeness (QED) is 0.770. The van der Waals surface area contributed by atoms with Crippen molar-refractivity contribution in [3.8, 4) is 0 Å². The van der Waals surface area contributed by atoms with Crippen molar-refractivity contribution in [2.24, 2.45) is 5.92 Å². The van der Waals surface area contributed by atoms with Crippen LogP contribution in [0.4, 0.5) is 10.2 Å². The lowest BCUT2D eigenvalue weighted by Crippen LogP contribution is -2.73. The monoisotopic (exact) mass is 451 g/mol. The van der Waals surface area contributed by atoms with Gasteiger partial charge in [0, 0.05) is 17.8 Å². The summed E-state index contributed by atoms with van der Waals surface area (Å²) in [5.74, 6) is -3.93. The molecule has 1 saturated heterocycles. The predicted octanol–water partition coefficient (Wildman–Crippen LogP) is 3.14. The van der Waals surface area contributed by atoms with Gasteiger partial charge in [-0.2, -0.15) is 0 Å². The number of hydrogen-bond donors (Lipinski definition) is 1. The van der Waals surface area contributed by atoms with Crippen LogP contribution in [0.25, 0.3) is 0 Å². The summed E-state index contributed by atoms with van der Waals surface area (Å²) < 4.78 is 14.4. The summed E-state index contributed by atoms with van der Waals surface area (Å²) in [7, 11) is 0. The van der Waals surface area contributed by atoms with Gasteiger partial charge in [-0.15, -0.1) is 0 Å². The zero-order valence-electron chi connectivity index (χ0n) is 15.5. The van der Waals surface area contributed by atoms with Crippen LogP contribution in [0.3, 0.4) is 0 Å². The van der Waals surface area contributed by atoms with Gasteiger partial charge in [0.1, 0.15) is 12.1 Å². The Morgan fingerprint density at radius 1 is 1.20 bits per heavy atom. The van der Waals surface area contributed by atoms with E-state index in [0.717, 1.165) is 16.5 Å². The van der Waals surface area contributed by atoms with E-state index in [1.54, 1.807) is 24.3 Å². The van der Waals surface area contributed by atoms with Crippen molar-refractivity contribution in [3.05, 3.63) is 58.0 Å². The number of aliphatic carboxylic acids is 1. The SMILES string of the molecule is O=C1CN(c2ncc(Cl)cc2F)C(=O)[C@]2(C[C@H](C(=O)O)C2)N1Cc1ccc(Cl)cc1. The van der Waals surface area contributed by atoms with E-state index in [2.05, 4.69) is 4.98 Å². The Balaban J connectivity index is 1.70. The summed E-state index contributed by atoms with van der Waals surface area (Å²) in [6.45, 7) is -0.296. The number of aromatic nitrogens is 1. The van der Waals surface area contributed by atoms with Crippen LogP contribution >= 0.6 is 23.2 Å². The fourth-order valence-electron chi connectivity index (χ4n) is 4.01. The third-order valence-electron chi connectivity index (χ3n) is 5.57. The topological polar surface area (TPSA) is 90.8 Å². The van der Waals surface area contributed by atoms with Crippen LogP contribution in [-0.2, 0) is 20.9 Å². The number of amides is 2. The maximum atomic E-state index is 14.4. The molecule has 1 N–H and O–H groups in total. The molecule has 30 heavy (non-hydrogen) atoms. The molecular weight excluding hydrogens is 436 g/mol. The number of pyridine rings is 1. The number of halogens is 3. The molecule has 7 nitrogen and oxygen atoms in total. The first-order valence-electron chi connectivity index (χ1n) is 9.12. The van der Waals surface area contributed by atoms with Crippen molar-refractivity contribution in [2.75, 3.05) is 11.4 Å². The molecule has 0 radical (unpaired) electrons. The highest BCUT2D eigenvalue weighted by Gasteiger charge is 2.62. The first-order chi connectivity index (χ1) is 14.2. The molecule has 0 bridgehead atoms. The van der Waals surface area contributed by atoms with E-state index in [1.165, 1.54) is 11.1 Å². The van der Waals surface area contributed by atoms with Crippen LogP contribution in [0.15, 0.2) is 36.5 Å². The summed E-state index contributed by atoms with van der Waals surface area (Å²) in [6, 6.07) is 7.80. The highest BCUT2D eigenvalue weighted by atomic mass is 35.5. The van der Waals surface area contributed by atoms with Gasteiger partial charge in [-0.3, -0.25) is 19.3 Å². The average Bonchev–Trinajstić information content (AvgIpc) is 2.65. The summed E-state index contributed by atoms with van der Waals surface area (Å²) in [6.07, 6.45) is 1.09. The molecule has 2 heterocycles. The lowest BCUT2D eigenvalue weighted by Gasteiger charge is -2.55. The highest BCUT2D eigenvalue weighted by molar-refractivity contribution is 6.30. The number of carboxylic acid groups (broad SMARTS) is 1. The molecule has 1 spiro atoms. The highest BCUT2D eigenvalue weighted by Crippen LogP contribution is 2.47. The van der Waals surface area contributed by atoms with E-state index in [0.29, 0.717) is 5.02 Å². The Labute approximate surface area is 181 Å². The molecule has 0 atom stereocenters. The number of carboxylic acids is 1. The van der Waals surface area contributed by atoms with Gasteiger partial charge in [0.2, 0.25) is 5.91 Å². The largest absolute Gasteiger partial charge is 0.481 e. The van der Waals surface area contributed by atoms with E-state index in [1.807, 2.05) is 0 Å². The summed E-state index contributed by atoms with van der Waals surface area (Å²) >= 11 is 11.6. The van der Waals surface area contributed by atoms with Crippen LogP contribution in [-0.4, -0.2) is 44.9 Å². The zero-order valence-corrected chi connectivity index (χ0v) is 17.0. The first kappa shape index (κ1) is 20.6. The molecule has 2 amide bonds. The van der Waals surface area contributed by atoms with E-state index in [9.17, 15) is 23.9 Å². The Morgan fingerprint density at radius 3 is 2.47 bits per heavy atom. The molecule has 2 aromatic rings. The number of benzene rings is 1. The van der Waals surface area contributed by atoms with E-state index < -0.39 is 41.6 Å². The molecule has 2 fully saturated rings. The maximum absolute atomic E-state index is 14.4. The number of carbonyl (C=O) groups is 3. The molecule has 1 aromatic heterocycles. The number of piperazine rings is 1. The van der Waals surface area contributed by atoms with Crippen molar-refractivity contribution in [1.82, 2.24) is 9.88 Å². The Bertz CT molecular complexity index is 1040. The molecular formula is C20H16Cl2FN3O4. The van der Waals surface area contributed by atoms with Crippen LogP contribution in [0.5, 0.6) is 0 Å². The molecule has 0 unspecified atom stereocenters. The fourth-order valence-corrected chi connectivity index (χ4v) is 4.28. The van der Waals surface area contributed by atoms with Crippen molar-refractivity contribution in [3.63, 3.8) is 0 Å². The molecule has 156 valence electrons. The second kappa shape index (κ2) is 7.52. The van der Waals surface area contributed by atoms with Gasteiger partial charge in [-0.1, -0.05) is 35.3 Å². The van der Waals surface area contributed by atoms with Crippen molar-refractivity contribution < 1.29 is 23.9 Å². The maximum Gasteiger partial charge on any atom is 0.306 e. The first-order valence-corrected chi connectivity index (χ1v) is 9.87. The standard InChI is InChI=1S/C20H16Cl2FN3O4/c21-13-3-1-11(2-4-13)9-26-16(27)10-25(17-15(23)5-14(22)8-24-17)19(30)20(26)6-12(7-20)18(28)29/h1-5,8,12H,6-7,9-10H2,(H,28,29)/t12-,20+. The second-order valence-electron chi connectivity index (χ2n) is 7.43. The number of nitrogens with zero attached hydrogens (tertiary/aromatic N) is 3. The summed E-state index contributed by atoms with van der Waals surface area (Å²) in [5, 5.41) is 9.92. The van der Waals surface area contributed by atoms with Crippen LogP contribution in [0.1, 0.15) is 18.4 Å². The summed E-state index contributed by atoms with van der Waals surface area (Å²) in [5.41, 5.74) is -0.630. The van der Waals surface area contributed by atoms with Gasteiger partial charge in [-0.25, -0.2) is 9.37 Å². The average molecular weight is 452 g/mol. The van der Waals surface area contributed by atoms with E-state index in [-0.39, 0.29) is 30.2 Å². The van der Waals surface area contributed by atoms with Gasteiger partial charge in [0.25, 0.3) is 5.91 Å². The fraction of sp³-hybridized carbons (Fsp3) is 0.300. The molecule has 1 aromatic carbocycles. The van der Waals surface area contributed by atoms with E-state index >= 15 is 0 Å². The Morgan fingerprint density at radius 2 is 1.87 bits per heavy atom. The normalized spacial score (nSPS) is 23.6.